The highest BCUT2D eigenvalue weighted by Crippen LogP contribution is 2.13. The number of likely N-dealkylation sites (N-methyl/N-ethyl adjacent to an activating group) is 1. The molecule has 1 atom stereocenters. The average Bonchev–Trinajstić information content (AvgIpc) is 2.28. The van der Waals surface area contributed by atoms with Crippen LogP contribution in [0, 0.1) is 5.82 Å². The fraction of sp³-hybridized carbons (Fsp3) is 0.364. The monoisotopic (exact) mass is 226 g/mol. The maximum atomic E-state index is 12.7. The van der Waals surface area contributed by atoms with Gasteiger partial charge in [0, 0.05) is 19.3 Å². The van der Waals surface area contributed by atoms with Crippen LogP contribution in [0.5, 0.6) is 0 Å². The minimum Gasteiger partial charge on any atom is -0.468 e. The second kappa shape index (κ2) is 5.46. The Labute approximate surface area is 93.8 Å². The Hall–Kier alpha value is -1.62. The van der Waals surface area contributed by atoms with Crippen molar-refractivity contribution in [3.63, 3.8) is 0 Å². The normalized spacial score (nSPS) is 12.0. The molecule has 0 amide bonds. The Morgan fingerprint density at radius 1 is 1.50 bits per heavy atom. The predicted octanol–water partition coefficient (Wildman–Crippen LogP) is 0.762. The van der Waals surface area contributed by atoms with Crippen LogP contribution >= 0.6 is 0 Å². The van der Waals surface area contributed by atoms with Crippen LogP contribution in [-0.4, -0.2) is 32.7 Å². The van der Waals surface area contributed by atoms with E-state index in [2.05, 4.69) is 4.74 Å². The highest BCUT2D eigenvalue weighted by Gasteiger charge is 2.16. The van der Waals surface area contributed by atoms with E-state index < -0.39 is 12.0 Å². The molecule has 0 aromatic heterocycles. The Kier molecular flexibility index (Phi) is 4.25. The summed E-state index contributed by atoms with van der Waals surface area (Å²) in [6.07, 6.45) is 0. The summed E-state index contributed by atoms with van der Waals surface area (Å²) in [6.45, 7) is 0.318. The zero-order chi connectivity index (χ0) is 12.1. The molecule has 0 saturated heterocycles. The molecule has 2 N–H and O–H groups in total. The quantitative estimate of drug-likeness (QED) is 0.770. The van der Waals surface area contributed by atoms with Crippen LogP contribution in [0.1, 0.15) is 0 Å². The van der Waals surface area contributed by atoms with Gasteiger partial charge in [-0.3, -0.25) is 4.79 Å². The van der Waals surface area contributed by atoms with E-state index in [0.29, 0.717) is 6.54 Å². The minimum absolute atomic E-state index is 0.297. The van der Waals surface area contributed by atoms with E-state index in [1.54, 1.807) is 24.1 Å². The third-order valence-electron chi connectivity index (χ3n) is 2.24. The van der Waals surface area contributed by atoms with Crippen molar-refractivity contribution in [3.8, 4) is 0 Å². The van der Waals surface area contributed by atoms with Crippen molar-refractivity contribution in [3.05, 3.63) is 30.1 Å². The van der Waals surface area contributed by atoms with Crippen molar-refractivity contribution in [2.45, 2.75) is 6.04 Å². The molecule has 0 bridgehead atoms. The highest BCUT2D eigenvalue weighted by molar-refractivity contribution is 5.76. The van der Waals surface area contributed by atoms with Crippen molar-refractivity contribution in [1.29, 1.82) is 0 Å². The van der Waals surface area contributed by atoms with Gasteiger partial charge in [-0.15, -0.1) is 0 Å². The molecule has 0 spiro atoms. The van der Waals surface area contributed by atoms with E-state index in [9.17, 15) is 9.18 Å². The Balaban J connectivity index is 2.61. The average molecular weight is 226 g/mol. The van der Waals surface area contributed by atoms with Crippen LogP contribution in [0.15, 0.2) is 24.3 Å². The lowest BCUT2D eigenvalue weighted by atomic mass is 10.2. The molecule has 0 saturated carbocycles. The standard InChI is InChI=1S/C11H15FN2O2/c1-14(7-10(13)11(15)16-2)9-5-3-8(12)4-6-9/h3-6,10H,7,13H2,1-2H3. The van der Waals surface area contributed by atoms with E-state index in [1.807, 2.05) is 0 Å². The van der Waals surface area contributed by atoms with Gasteiger partial charge in [0.05, 0.1) is 7.11 Å². The summed E-state index contributed by atoms with van der Waals surface area (Å²) in [6, 6.07) is 5.25. The van der Waals surface area contributed by atoms with Gasteiger partial charge in [0.25, 0.3) is 0 Å². The first-order chi connectivity index (χ1) is 7.54. The Bertz CT molecular complexity index is 354. The molecule has 4 nitrogen and oxygen atoms in total. The van der Waals surface area contributed by atoms with Gasteiger partial charge < -0.3 is 15.4 Å². The van der Waals surface area contributed by atoms with Crippen LogP contribution in [0.25, 0.3) is 0 Å². The first kappa shape index (κ1) is 12.4. The molecular formula is C11H15FN2O2. The van der Waals surface area contributed by atoms with Crippen LogP contribution in [-0.2, 0) is 9.53 Å². The molecule has 5 heteroatoms. The summed E-state index contributed by atoms with van der Waals surface area (Å²) in [5, 5.41) is 0. The van der Waals surface area contributed by atoms with Gasteiger partial charge in [-0.05, 0) is 24.3 Å². The second-order valence-electron chi connectivity index (χ2n) is 3.49. The van der Waals surface area contributed by atoms with Gasteiger partial charge in [-0.1, -0.05) is 0 Å². The fourth-order valence-corrected chi connectivity index (χ4v) is 1.32. The number of nitrogens with two attached hydrogens (primary N) is 1. The van der Waals surface area contributed by atoms with Gasteiger partial charge in [0.1, 0.15) is 11.9 Å². The number of nitrogens with zero attached hydrogens (tertiary/aromatic N) is 1. The number of ether oxygens (including phenoxy) is 1. The van der Waals surface area contributed by atoms with E-state index >= 15 is 0 Å². The summed E-state index contributed by atoms with van der Waals surface area (Å²) in [7, 11) is 3.07. The smallest absolute Gasteiger partial charge is 0.324 e. The molecule has 1 unspecified atom stereocenters. The first-order valence-corrected chi connectivity index (χ1v) is 4.84. The zero-order valence-electron chi connectivity index (χ0n) is 9.31. The maximum Gasteiger partial charge on any atom is 0.324 e. The molecule has 88 valence electrons. The predicted molar refractivity (Wildman–Crippen MR) is 59.7 cm³/mol. The molecule has 0 aliphatic heterocycles. The second-order valence-corrected chi connectivity index (χ2v) is 3.49. The van der Waals surface area contributed by atoms with Gasteiger partial charge >= 0.3 is 5.97 Å². The van der Waals surface area contributed by atoms with E-state index in [1.165, 1.54) is 19.2 Å². The number of carbonyl (C=O) groups is 1. The van der Waals surface area contributed by atoms with Crippen molar-refractivity contribution < 1.29 is 13.9 Å². The number of anilines is 1. The number of methoxy groups -OCH3 is 1. The third kappa shape index (κ3) is 3.20. The van der Waals surface area contributed by atoms with Gasteiger partial charge in [0.2, 0.25) is 0 Å². The number of carbonyl (C=O) groups excluding carboxylic acids is 1. The lowest BCUT2D eigenvalue weighted by Gasteiger charge is -2.21. The number of benzene rings is 1. The van der Waals surface area contributed by atoms with Crippen LogP contribution < -0.4 is 10.6 Å². The van der Waals surface area contributed by atoms with Gasteiger partial charge in [-0.25, -0.2) is 4.39 Å². The zero-order valence-corrected chi connectivity index (χ0v) is 9.31. The molecule has 1 aromatic rings. The summed E-state index contributed by atoms with van der Waals surface area (Å²) in [5.74, 6) is -0.761. The molecule has 16 heavy (non-hydrogen) atoms. The molecule has 1 aromatic carbocycles. The molecule has 0 fully saturated rings. The van der Waals surface area contributed by atoms with Gasteiger partial charge in [-0.2, -0.15) is 0 Å². The van der Waals surface area contributed by atoms with Crippen molar-refractivity contribution >= 4 is 11.7 Å². The lowest BCUT2D eigenvalue weighted by Crippen LogP contribution is -2.42. The fourth-order valence-electron chi connectivity index (χ4n) is 1.32. The van der Waals surface area contributed by atoms with Crippen molar-refractivity contribution in [2.24, 2.45) is 5.73 Å². The summed E-state index contributed by atoms with van der Waals surface area (Å²) in [4.78, 5) is 12.9. The molecule has 0 aliphatic carbocycles. The van der Waals surface area contributed by atoms with E-state index in [-0.39, 0.29) is 5.82 Å². The number of esters is 1. The highest BCUT2D eigenvalue weighted by atomic mass is 19.1. The largest absolute Gasteiger partial charge is 0.468 e. The summed E-state index contributed by atoms with van der Waals surface area (Å²) >= 11 is 0. The van der Waals surface area contributed by atoms with Crippen molar-refractivity contribution in [2.75, 3.05) is 25.6 Å². The number of halogens is 1. The van der Waals surface area contributed by atoms with Crippen molar-refractivity contribution in [1.82, 2.24) is 0 Å². The summed E-state index contributed by atoms with van der Waals surface area (Å²) < 4.78 is 17.2. The Morgan fingerprint density at radius 2 is 2.06 bits per heavy atom. The number of rotatable bonds is 4. The maximum absolute atomic E-state index is 12.7. The first-order valence-electron chi connectivity index (χ1n) is 4.84. The molecule has 0 aliphatic rings. The summed E-state index contributed by atoms with van der Waals surface area (Å²) in [5.41, 5.74) is 6.40. The molecule has 0 radical (unpaired) electrons. The van der Waals surface area contributed by atoms with E-state index in [4.69, 9.17) is 5.73 Å². The SMILES string of the molecule is COC(=O)C(N)CN(C)c1ccc(F)cc1. The Morgan fingerprint density at radius 3 is 2.56 bits per heavy atom. The minimum atomic E-state index is -0.708. The van der Waals surface area contributed by atoms with Crippen LogP contribution in [0.4, 0.5) is 10.1 Å². The topological polar surface area (TPSA) is 55.6 Å². The molecule has 1 rings (SSSR count). The van der Waals surface area contributed by atoms with Crippen LogP contribution in [0.2, 0.25) is 0 Å². The number of hydrogen-bond acceptors (Lipinski definition) is 4. The number of hydrogen-bond donors (Lipinski definition) is 1. The van der Waals surface area contributed by atoms with Crippen LogP contribution in [0.3, 0.4) is 0 Å². The lowest BCUT2D eigenvalue weighted by molar-refractivity contribution is -0.141. The van der Waals surface area contributed by atoms with Gasteiger partial charge in [0.15, 0.2) is 0 Å². The van der Waals surface area contributed by atoms with E-state index in [0.717, 1.165) is 5.69 Å². The molecular weight excluding hydrogens is 211 g/mol. The third-order valence-corrected chi connectivity index (χ3v) is 2.24. The molecule has 0 heterocycles.